The molecule has 0 radical (unpaired) electrons. The van der Waals surface area contributed by atoms with Gasteiger partial charge in [-0.05, 0) is 33.1 Å². The standard InChI is InChI=1S/C13H23N3O/c1-10(2)15-11(8-14)9-16-6-7-17-13-5-3-4-12(13)16/h10-13,15H,3-7,9H2,1-2H3. The predicted octanol–water partition coefficient (Wildman–Crippen LogP) is 1.13. The van der Waals surface area contributed by atoms with Crippen LogP contribution in [0.3, 0.4) is 0 Å². The van der Waals surface area contributed by atoms with Crippen molar-refractivity contribution in [2.45, 2.75) is 57.3 Å². The average Bonchev–Trinajstić information content (AvgIpc) is 2.76. The molecule has 0 aromatic heterocycles. The number of nitriles is 1. The van der Waals surface area contributed by atoms with Crippen molar-refractivity contribution < 1.29 is 4.74 Å². The molecule has 0 spiro atoms. The highest BCUT2D eigenvalue weighted by atomic mass is 16.5. The molecule has 96 valence electrons. The van der Waals surface area contributed by atoms with Gasteiger partial charge in [-0.1, -0.05) is 0 Å². The van der Waals surface area contributed by atoms with E-state index in [0.717, 1.165) is 19.7 Å². The fraction of sp³-hybridized carbons (Fsp3) is 0.923. The SMILES string of the molecule is CC(C)NC(C#N)CN1CCOC2CCCC21. The number of hydrogen-bond donors (Lipinski definition) is 1. The summed E-state index contributed by atoms with van der Waals surface area (Å²) in [4.78, 5) is 2.45. The molecule has 4 heteroatoms. The first kappa shape index (κ1) is 12.8. The minimum Gasteiger partial charge on any atom is -0.375 e. The monoisotopic (exact) mass is 237 g/mol. The fourth-order valence-corrected chi connectivity index (χ4v) is 3.00. The van der Waals surface area contributed by atoms with Crippen LogP contribution in [0, 0.1) is 11.3 Å². The highest BCUT2D eigenvalue weighted by molar-refractivity contribution is 4.97. The zero-order valence-electron chi connectivity index (χ0n) is 10.9. The van der Waals surface area contributed by atoms with E-state index in [1.54, 1.807) is 0 Å². The third-order valence-electron chi connectivity index (χ3n) is 3.70. The van der Waals surface area contributed by atoms with Gasteiger partial charge in [0.05, 0.1) is 18.8 Å². The van der Waals surface area contributed by atoms with Gasteiger partial charge >= 0.3 is 0 Å². The van der Waals surface area contributed by atoms with Gasteiger partial charge in [-0.15, -0.1) is 0 Å². The lowest BCUT2D eigenvalue weighted by molar-refractivity contribution is -0.0567. The Kier molecular flexibility index (Phi) is 4.38. The van der Waals surface area contributed by atoms with Crippen LogP contribution in [0.4, 0.5) is 0 Å². The molecule has 2 aliphatic rings. The normalized spacial score (nSPS) is 31.2. The van der Waals surface area contributed by atoms with E-state index < -0.39 is 0 Å². The quantitative estimate of drug-likeness (QED) is 0.796. The summed E-state index contributed by atoms with van der Waals surface area (Å²) < 4.78 is 5.78. The molecule has 1 aliphatic carbocycles. The van der Waals surface area contributed by atoms with Crippen LogP contribution in [-0.4, -0.2) is 48.8 Å². The first-order valence-electron chi connectivity index (χ1n) is 6.72. The van der Waals surface area contributed by atoms with E-state index in [4.69, 9.17) is 4.74 Å². The van der Waals surface area contributed by atoms with E-state index in [0.29, 0.717) is 18.2 Å². The maximum absolute atomic E-state index is 9.18. The lowest BCUT2D eigenvalue weighted by Crippen LogP contribution is -2.53. The highest BCUT2D eigenvalue weighted by Gasteiger charge is 2.36. The smallest absolute Gasteiger partial charge is 0.108 e. The molecule has 2 fully saturated rings. The second-order valence-electron chi connectivity index (χ2n) is 5.41. The van der Waals surface area contributed by atoms with Crippen molar-refractivity contribution >= 4 is 0 Å². The van der Waals surface area contributed by atoms with Gasteiger partial charge in [0.15, 0.2) is 0 Å². The average molecular weight is 237 g/mol. The van der Waals surface area contributed by atoms with Gasteiger partial charge in [0.25, 0.3) is 0 Å². The molecule has 0 aromatic carbocycles. The Hall–Kier alpha value is -0.630. The number of morpholine rings is 1. The molecule has 1 aliphatic heterocycles. The molecule has 3 unspecified atom stereocenters. The van der Waals surface area contributed by atoms with Crippen LogP contribution in [0.5, 0.6) is 0 Å². The van der Waals surface area contributed by atoms with Gasteiger partial charge in [0, 0.05) is 25.2 Å². The summed E-state index contributed by atoms with van der Waals surface area (Å²) in [6.45, 7) is 6.80. The third-order valence-corrected chi connectivity index (χ3v) is 3.70. The van der Waals surface area contributed by atoms with Crippen molar-refractivity contribution in [1.82, 2.24) is 10.2 Å². The molecule has 1 N–H and O–H groups in total. The summed E-state index contributed by atoms with van der Waals surface area (Å²) in [7, 11) is 0. The van der Waals surface area contributed by atoms with Crippen molar-refractivity contribution in [3.63, 3.8) is 0 Å². The Morgan fingerprint density at radius 1 is 1.47 bits per heavy atom. The van der Waals surface area contributed by atoms with Crippen molar-refractivity contribution in [2.24, 2.45) is 0 Å². The number of nitrogens with one attached hydrogen (secondary N) is 1. The third kappa shape index (κ3) is 3.19. The van der Waals surface area contributed by atoms with Crippen LogP contribution in [-0.2, 0) is 4.74 Å². The molecule has 1 saturated heterocycles. The Morgan fingerprint density at radius 3 is 3.00 bits per heavy atom. The van der Waals surface area contributed by atoms with Crippen LogP contribution >= 0.6 is 0 Å². The first-order valence-corrected chi connectivity index (χ1v) is 6.72. The van der Waals surface area contributed by atoms with Crippen molar-refractivity contribution in [3.05, 3.63) is 0 Å². The van der Waals surface area contributed by atoms with Crippen LogP contribution < -0.4 is 5.32 Å². The van der Waals surface area contributed by atoms with E-state index in [1.807, 2.05) is 0 Å². The van der Waals surface area contributed by atoms with Gasteiger partial charge in [-0.3, -0.25) is 10.2 Å². The second kappa shape index (κ2) is 5.81. The largest absolute Gasteiger partial charge is 0.375 e. The number of hydrogen-bond acceptors (Lipinski definition) is 4. The summed E-state index contributed by atoms with van der Waals surface area (Å²) in [6, 6.07) is 3.22. The molecule has 0 bridgehead atoms. The Labute approximate surface area is 104 Å². The van der Waals surface area contributed by atoms with Crippen LogP contribution in [0.2, 0.25) is 0 Å². The van der Waals surface area contributed by atoms with Crippen molar-refractivity contribution in [1.29, 1.82) is 5.26 Å². The second-order valence-corrected chi connectivity index (χ2v) is 5.41. The minimum absolute atomic E-state index is 0.0608. The molecule has 1 saturated carbocycles. The molecular formula is C13H23N3O. The van der Waals surface area contributed by atoms with Crippen molar-refractivity contribution in [3.8, 4) is 6.07 Å². The molecule has 2 rings (SSSR count). The summed E-state index contributed by atoms with van der Waals surface area (Å²) in [5.74, 6) is 0. The predicted molar refractivity (Wildman–Crippen MR) is 66.6 cm³/mol. The van der Waals surface area contributed by atoms with Gasteiger partial charge in [0.1, 0.15) is 6.04 Å². The van der Waals surface area contributed by atoms with Gasteiger partial charge in [0.2, 0.25) is 0 Å². The topological polar surface area (TPSA) is 48.3 Å². The minimum atomic E-state index is -0.0608. The number of ether oxygens (including phenoxy) is 1. The number of fused-ring (bicyclic) bond motifs is 1. The first-order chi connectivity index (χ1) is 8.20. The molecule has 4 nitrogen and oxygen atoms in total. The van der Waals surface area contributed by atoms with Crippen LogP contribution in [0.1, 0.15) is 33.1 Å². The lowest BCUT2D eigenvalue weighted by Gasteiger charge is -2.38. The maximum atomic E-state index is 9.18. The zero-order valence-corrected chi connectivity index (χ0v) is 10.9. The molecular weight excluding hydrogens is 214 g/mol. The molecule has 17 heavy (non-hydrogen) atoms. The molecule has 0 amide bonds. The molecule has 3 atom stereocenters. The fourth-order valence-electron chi connectivity index (χ4n) is 3.00. The van der Waals surface area contributed by atoms with E-state index in [1.165, 1.54) is 19.3 Å². The van der Waals surface area contributed by atoms with Gasteiger partial charge in [-0.25, -0.2) is 0 Å². The maximum Gasteiger partial charge on any atom is 0.108 e. The Bertz CT molecular complexity index is 287. The van der Waals surface area contributed by atoms with E-state index in [2.05, 4.69) is 30.1 Å². The summed E-state index contributed by atoms with van der Waals surface area (Å²) in [5, 5.41) is 12.5. The zero-order chi connectivity index (χ0) is 12.3. The van der Waals surface area contributed by atoms with Gasteiger partial charge in [-0.2, -0.15) is 5.26 Å². The lowest BCUT2D eigenvalue weighted by atomic mass is 10.1. The van der Waals surface area contributed by atoms with Gasteiger partial charge < -0.3 is 4.74 Å². The number of nitrogens with zero attached hydrogens (tertiary/aromatic N) is 2. The highest BCUT2D eigenvalue weighted by Crippen LogP contribution is 2.29. The van der Waals surface area contributed by atoms with Crippen LogP contribution in [0.15, 0.2) is 0 Å². The van der Waals surface area contributed by atoms with E-state index in [-0.39, 0.29) is 6.04 Å². The van der Waals surface area contributed by atoms with Crippen LogP contribution in [0.25, 0.3) is 0 Å². The number of rotatable bonds is 4. The summed E-state index contributed by atoms with van der Waals surface area (Å²) in [5.41, 5.74) is 0. The Morgan fingerprint density at radius 2 is 2.29 bits per heavy atom. The van der Waals surface area contributed by atoms with E-state index in [9.17, 15) is 5.26 Å². The molecule has 0 aromatic rings. The summed E-state index contributed by atoms with van der Waals surface area (Å²) >= 11 is 0. The van der Waals surface area contributed by atoms with Crippen molar-refractivity contribution in [2.75, 3.05) is 19.7 Å². The molecule has 1 heterocycles. The van der Waals surface area contributed by atoms with E-state index >= 15 is 0 Å². The summed E-state index contributed by atoms with van der Waals surface area (Å²) in [6.07, 6.45) is 4.10. The Balaban J connectivity index is 1.90.